The van der Waals surface area contributed by atoms with Gasteiger partial charge in [0.2, 0.25) is 0 Å². The minimum Gasteiger partial charge on any atom is -0.376 e. The second kappa shape index (κ2) is 5.80. The van der Waals surface area contributed by atoms with Crippen LogP contribution in [-0.4, -0.2) is 51.3 Å². The maximum absolute atomic E-state index is 5.72. The van der Waals surface area contributed by atoms with Crippen molar-refractivity contribution in [1.82, 2.24) is 0 Å². The second-order valence-corrected chi connectivity index (χ2v) is 4.19. The maximum Gasteiger partial charge on any atom is 0.104 e. The van der Waals surface area contributed by atoms with E-state index in [2.05, 4.69) is 6.92 Å². The molecule has 0 saturated carbocycles. The lowest BCUT2D eigenvalue weighted by molar-refractivity contribution is -0.0280. The van der Waals surface area contributed by atoms with Crippen LogP contribution in [0.25, 0.3) is 0 Å². The van der Waals surface area contributed by atoms with E-state index >= 15 is 0 Å². The minimum atomic E-state index is 0.220. The highest BCUT2D eigenvalue weighted by Crippen LogP contribution is 2.13. The predicted octanol–water partition coefficient (Wildman–Crippen LogP) is 0.986. The Morgan fingerprint density at radius 2 is 1.87 bits per heavy atom. The summed E-state index contributed by atoms with van der Waals surface area (Å²) in [6.45, 7) is 5.98. The minimum absolute atomic E-state index is 0.220. The van der Waals surface area contributed by atoms with E-state index in [9.17, 15) is 0 Å². The number of epoxide rings is 2. The van der Waals surface area contributed by atoms with Gasteiger partial charge in [0, 0.05) is 0 Å². The molecule has 2 aliphatic rings. The molecule has 4 nitrogen and oxygen atoms in total. The molecule has 88 valence electrons. The van der Waals surface area contributed by atoms with Gasteiger partial charge in [-0.1, -0.05) is 13.3 Å². The highest BCUT2D eigenvalue weighted by atomic mass is 16.6. The van der Waals surface area contributed by atoms with Gasteiger partial charge in [-0.15, -0.1) is 0 Å². The Hall–Kier alpha value is -0.160. The molecular weight excluding hydrogens is 196 g/mol. The Kier molecular flexibility index (Phi) is 4.38. The van der Waals surface area contributed by atoms with Crippen LogP contribution >= 0.6 is 0 Å². The maximum atomic E-state index is 5.72. The molecule has 2 aliphatic heterocycles. The largest absolute Gasteiger partial charge is 0.376 e. The van der Waals surface area contributed by atoms with Crippen LogP contribution in [-0.2, 0) is 18.9 Å². The van der Waals surface area contributed by atoms with Gasteiger partial charge in [-0.2, -0.15) is 0 Å². The zero-order chi connectivity index (χ0) is 10.5. The van der Waals surface area contributed by atoms with Gasteiger partial charge in [-0.05, 0) is 6.42 Å². The lowest BCUT2D eigenvalue weighted by Crippen LogP contribution is -2.23. The normalized spacial score (nSPS) is 30.2. The highest BCUT2D eigenvalue weighted by molar-refractivity contribution is 4.70. The van der Waals surface area contributed by atoms with Crippen LogP contribution in [0.1, 0.15) is 19.8 Å². The van der Waals surface area contributed by atoms with Crippen molar-refractivity contribution in [3.63, 3.8) is 0 Å². The van der Waals surface area contributed by atoms with Gasteiger partial charge in [-0.3, -0.25) is 0 Å². The first-order valence-corrected chi connectivity index (χ1v) is 5.81. The summed E-state index contributed by atoms with van der Waals surface area (Å²) >= 11 is 0. The molecule has 0 amide bonds. The molecule has 0 aliphatic carbocycles. The molecule has 2 heterocycles. The standard InChI is InChI=1S/C11H20O4/c1-2-3-9(13-7-11-8-15-11)4-12-5-10-6-14-10/h9-11H,2-8H2,1H3. The fourth-order valence-corrected chi connectivity index (χ4v) is 1.44. The third kappa shape index (κ3) is 4.93. The lowest BCUT2D eigenvalue weighted by atomic mass is 10.2. The molecule has 3 atom stereocenters. The van der Waals surface area contributed by atoms with Gasteiger partial charge in [-0.25, -0.2) is 0 Å². The van der Waals surface area contributed by atoms with E-state index < -0.39 is 0 Å². The molecule has 15 heavy (non-hydrogen) atoms. The average molecular weight is 216 g/mol. The summed E-state index contributed by atoms with van der Waals surface area (Å²) in [6, 6.07) is 0. The topological polar surface area (TPSA) is 43.5 Å². The first-order valence-electron chi connectivity index (χ1n) is 5.81. The summed E-state index contributed by atoms with van der Waals surface area (Å²) in [5.41, 5.74) is 0. The van der Waals surface area contributed by atoms with E-state index in [1.807, 2.05) is 0 Å². The van der Waals surface area contributed by atoms with Crippen LogP contribution in [0.2, 0.25) is 0 Å². The Morgan fingerprint density at radius 3 is 2.47 bits per heavy atom. The van der Waals surface area contributed by atoms with Crippen molar-refractivity contribution < 1.29 is 18.9 Å². The number of rotatable bonds is 9. The van der Waals surface area contributed by atoms with Gasteiger partial charge >= 0.3 is 0 Å². The molecule has 0 radical (unpaired) electrons. The molecule has 0 N–H and O–H groups in total. The van der Waals surface area contributed by atoms with Crippen molar-refractivity contribution >= 4 is 0 Å². The van der Waals surface area contributed by atoms with Crippen molar-refractivity contribution in [3.05, 3.63) is 0 Å². The SMILES string of the molecule is CCCC(COCC1CO1)OCC1CO1. The van der Waals surface area contributed by atoms with Gasteiger partial charge in [0.25, 0.3) is 0 Å². The van der Waals surface area contributed by atoms with Crippen molar-refractivity contribution in [2.45, 2.75) is 38.1 Å². The van der Waals surface area contributed by atoms with Crippen molar-refractivity contribution in [2.75, 3.05) is 33.0 Å². The third-order valence-electron chi connectivity index (χ3n) is 2.54. The summed E-state index contributed by atoms with van der Waals surface area (Å²) in [4.78, 5) is 0. The van der Waals surface area contributed by atoms with Gasteiger partial charge in [0.05, 0.1) is 39.1 Å². The first kappa shape index (κ1) is 11.3. The van der Waals surface area contributed by atoms with Crippen LogP contribution in [0, 0.1) is 0 Å². The molecular formula is C11H20O4. The molecule has 0 bridgehead atoms. The Morgan fingerprint density at radius 1 is 1.20 bits per heavy atom. The van der Waals surface area contributed by atoms with Crippen molar-refractivity contribution in [1.29, 1.82) is 0 Å². The molecule has 0 aromatic heterocycles. The van der Waals surface area contributed by atoms with E-state index in [1.165, 1.54) is 0 Å². The van der Waals surface area contributed by atoms with Crippen LogP contribution in [0.15, 0.2) is 0 Å². The molecule has 4 heteroatoms. The van der Waals surface area contributed by atoms with E-state index in [1.54, 1.807) is 0 Å². The van der Waals surface area contributed by atoms with Crippen molar-refractivity contribution in [2.24, 2.45) is 0 Å². The van der Waals surface area contributed by atoms with Crippen LogP contribution in [0.5, 0.6) is 0 Å². The second-order valence-electron chi connectivity index (χ2n) is 4.19. The fraction of sp³-hybridized carbons (Fsp3) is 1.00. The summed E-state index contributed by atoms with van der Waals surface area (Å²) in [6.07, 6.45) is 3.09. The highest BCUT2D eigenvalue weighted by Gasteiger charge is 2.25. The Bertz CT molecular complexity index is 177. The average Bonchev–Trinajstić information content (AvgIpc) is 3.08. The molecule has 2 saturated heterocycles. The van der Waals surface area contributed by atoms with Gasteiger partial charge in [0.1, 0.15) is 12.2 Å². The fourth-order valence-electron chi connectivity index (χ4n) is 1.44. The monoisotopic (exact) mass is 216 g/mol. The number of hydrogen-bond donors (Lipinski definition) is 0. The Labute approximate surface area is 90.8 Å². The molecule has 2 rings (SSSR count). The zero-order valence-corrected chi connectivity index (χ0v) is 9.31. The van der Waals surface area contributed by atoms with Gasteiger partial charge < -0.3 is 18.9 Å². The van der Waals surface area contributed by atoms with Crippen LogP contribution in [0.4, 0.5) is 0 Å². The molecule has 2 fully saturated rings. The van der Waals surface area contributed by atoms with Gasteiger partial charge in [0.15, 0.2) is 0 Å². The third-order valence-corrected chi connectivity index (χ3v) is 2.54. The Balaban J connectivity index is 1.53. The lowest BCUT2D eigenvalue weighted by Gasteiger charge is -2.16. The summed E-state index contributed by atoms with van der Waals surface area (Å²) in [5, 5.41) is 0. The van der Waals surface area contributed by atoms with Crippen LogP contribution in [0.3, 0.4) is 0 Å². The van der Waals surface area contributed by atoms with E-state index in [-0.39, 0.29) is 6.10 Å². The van der Waals surface area contributed by atoms with Crippen molar-refractivity contribution in [3.8, 4) is 0 Å². The zero-order valence-electron chi connectivity index (χ0n) is 9.31. The summed E-state index contributed by atoms with van der Waals surface area (Å²) < 4.78 is 21.4. The molecule has 0 spiro atoms. The molecule has 0 aromatic carbocycles. The summed E-state index contributed by atoms with van der Waals surface area (Å²) in [7, 11) is 0. The number of hydrogen-bond acceptors (Lipinski definition) is 4. The first-order chi connectivity index (χ1) is 7.38. The number of ether oxygens (including phenoxy) is 4. The van der Waals surface area contributed by atoms with E-state index in [0.29, 0.717) is 32.0 Å². The van der Waals surface area contributed by atoms with E-state index in [4.69, 9.17) is 18.9 Å². The smallest absolute Gasteiger partial charge is 0.104 e. The quantitative estimate of drug-likeness (QED) is 0.539. The van der Waals surface area contributed by atoms with E-state index in [0.717, 1.165) is 26.1 Å². The summed E-state index contributed by atoms with van der Waals surface area (Å²) in [5.74, 6) is 0. The van der Waals surface area contributed by atoms with Crippen LogP contribution < -0.4 is 0 Å². The predicted molar refractivity (Wildman–Crippen MR) is 54.9 cm³/mol. The molecule has 0 aromatic rings. The molecule has 3 unspecified atom stereocenters.